The molecule has 0 spiro atoms. The van der Waals surface area contributed by atoms with Crippen LogP contribution in [-0.2, 0) is 14.6 Å². The van der Waals surface area contributed by atoms with Gasteiger partial charge in [0.05, 0.1) is 21.5 Å². The highest BCUT2D eigenvalue weighted by Crippen LogP contribution is 2.31. The molecule has 1 rings (SSSR count). The second-order valence-corrected chi connectivity index (χ2v) is 6.99. The maximum absolute atomic E-state index is 11.6. The fourth-order valence-electron chi connectivity index (χ4n) is 1.44. The van der Waals surface area contributed by atoms with Crippen molar-refractivity contribution in [3.63, 3.8) is 0 Å². The van der Waals surface area contributed by atoms with E-state index >= 15 is 0 Å². The van der Waals surface area contributed by atoms with Gasteiger partial charge in [0, 0.05) is 5.69 Å². The van der Waals surface area contributed by atoms with Crippen molar-refractivity contribution >= 4 is 50.3 Å². The lowest BCUT2D eigenvalue weighted by atomic mass is 10.3. The molecule has 0 aliphatic carbocycles. The zero-order chi connectivity index (χ0) is 14.6. The van der Waals surface area contributed by atoms with Gasteiger partial charge in [0.1, 0.15) is 5.75 Å². The number of nitrogen functional groups attached to an aromatic ring is 1. The van der Waals surface area contributed by atoms with Crippen molar-refractivity contribution in [2.75, 3.05) is 22.6 Å². The molecular weight excluding hydrogens is 311 g/mol. The van der Waals surface area contributed by atoms with E-state index in [0.717, 1.165) is 0 Å². The van der Waals surface area contributed by atoms with E-state index in [9.17, 15) is 13.2 Å². The molecule has 0 aliphatic heterocycles. The smallest absolute Gasteiger partial charge is 0.239 e. The van der Waals surface area contributed by atoms with Crippen molar-refractivity contribution < 1.29 is 13.2 Å². The summed E-state index contributed by atoms with van der Waals surface area (Å²) < 4.78 is 23.0. The van der Waals surface area contributed by atoms with Crippen LogP contribution >= 0.6 is 23.2 Å². The number of carbonyl (C=O) groups excluding carboxylic acids is 1. The van der Waals surface area contributed by atoms with Crippen LogP contribution in [0.5, 0.6) is 0 Å². The second-order valence-electron chi connectivity index (χ2n) is 3.99. The maximum atomic E-state index is 11.6. The molecule has 5 nitrogen and oxygen atoms in total. The van der Waals surface area contributed by atoms with Crippen LogP contribution < -0.4 is 11.1 Å². The monoisotopic (exact) mass is 324 g/mol. The molecule has 0 unspecified atom stereocenters. The zero-order valence-corrected chi connectivity index (χ0v) is 12.6. The van der Waals surface area contributed by atoms with Crippen molar-refractivity contribution in [1.82, 2.24) is 0 Å². The summed E-state index contributed by atoms with van der Waals surface area (Å²) in [6, 6.07) is 2.82. The van der Waals surface area contributed by atoms with E-state index in [2.05, 4.69) is 5.32 Å². The van der Waals surface area contributed by atoms with Crippen LogP contribution in [-0.4, -0.2) is 25.8 Å². The normalized spacial score (nSPS) is 11.3. The summed E-state index contributed by atoms with van der Waals surface area (Å²) >= 11 is 11.6. The molecule has 0 aliphatic rings. The predicted molar refractivity (Wildman–Crippen MR) is 78.4 cm³/mol. The number of nitrogens with two attached hydrogens (primary N) is 1. The van der Waals surface area contributed by atoms with Gasteiger partial charge in [-0.3, -0.25) is 4.79 Å². The van der Waals surface area contributed by atoms with Gasteiger partial charge >= 0.3 is 0 Å². The van der Waals surface area contributed by atoms with E-state index in [1.165, 1.54) is 12.1 Å². The molecular formula is C11H14Cl2N2O3S. The van der Waals surface area contributed by atoms with Crippen LogP contribution in [0.3, 0.4) is 0 Å². The third-order valence-corrected chi connectivity index (χ3v) is 4.59. The highest BCUT2D eigenvalue weighted by atomic mass is 35.5. The Morgan fingerprint density at radius 1 is 1.32 bits per heavy atom. The molecule has 0 saturated heterocycles. The lowest BCUT2D eigenvalue weighted by Gasteiger charge is -2.08. The van der Waals surface area contributed by atoms with E-state index < -0.39 is 21.5 Å². The summed E-state index contributed by atoms with van der Waals surface area (Å²) in [4.78, 5) is 11.6. The first-order valence-corrected chi connectivity index (χ1v) is 8.07. The molecule has 0 aromatic heterocycles. The van der Waals surface area contributed by atoms with E-state index in [1.807, 2.05) is 0 Å². The summed E-state index contributed by atoms with van der Waals surface area (Å²) in [5.41, 5.74) is 6.07. The molecule has 0 heterocycles. The lowest BCUT2D eigenvalue weighted by Crippen LogP contribution is -2.24. The minimum absolute atomic E-state index is 0.0241. The molecule has 0 fully saturated rings. The Bertz CT molecular complexity index is 565. The number of carbonyl (C=O) groups is 1. The zero-order valence-electron chi connectivity index (χ0n) is 10.2. The topological polar surface area (TPSA) is 89.3 Å². The average Bonchev–Trinajstić information content (AvgIpc) is 2.24. The van der Waals surface area contributed by atoms with Crippen molar-refractivity contribution in [3.8, 4) is 0 Å². The first kappa shape index (κ1) is 16.1. The molecule has 3 N–H and O–H groups in total. The Labute approximate surface area is 122 Å². The van der Waals surface area contributed by atoms with Gasteiger partial charge in [-0.1, -0.05) is 30.1 Å². The van der Waals surface area contributed by atoms with Crippen LogP contribution in [0.15, 0.2) is 12.1 Å². The summed E-state index contributed by atoms with van der Waals surface area (Å²) in [6.07, 6.45) is 0.467. The fourth-order valence-corrected chi connectivity index (χ4v) is 3.16. The SMILES string of the molecule is CCCS(=O)(=O)CC(=O)Nc1cc(Cl)c(N)c(Cl)c1. The summed E-state index contributed by atoms with van der Waals surface area (Å²) in [5.74, 6) is -1.23. The molecule has 0 saturated carbocycles. The number of sulfone groups is 1. The molecule has 0 radical (unpaired) electrons. The Balaban J connectivity index is 2.78. The molecule has 106 valence electrons. The van der Waals surface area contributed by atoms with Gasteiger partial charge in [0.2, 0.25) is 5.91 Å². The second kappa shape index (κ2) is 6.45. The van der Waals surface area contributed by atoms with Gasteiger partial charge in [-0.05, 0) is 18.6 Å². The number of halogens is 2. The maximum Gasteiger partial charge on any atom is 0.239 e. The van der Waals surface area contributed by atoms with Crippen LogP contribution in [0.1, 0.15) is 13.3 Å². The van der Waals surface area contributed by atoms with E-state index in [0.29, 0.717) is 12.1 Å². The average molecular weight is 325 g/mol. The Hall–Kier alpha value is -0.980. The number of amides is 1. The third-order valence-electron chi connectivity index (χ3n) is 2.23. The molecule has 1 aromatic carbocycles. The van der Waals surface area contributed by atoms with Crippen LogP contribution in [0.4, 0.5) is 11.4 Å². The van der Waals surface area contributed by atoms with Crippen LogP contribution in [0, 0.1) is 0 Å². The quantitative estimate of drug-likeness (QED) is 0.813. The van der Waals surface area contributed by atoms with E-state index in [4.69, 9.17) is 28.9 Å². The number of rotatable bonds is 5. The number of hydrogen-bond donors (Lipinski definition) is 2. The van der Waals surface area contributed by atoms with Crippen molar-refractivity contribution in [3.05, 3.63) is 22.2 Å². The molecule has 0 bridgehead atoms. The van der Waals surface area contributed by atoms with Gasteiger partial charge in [-0.25, -0.2) is 8.42 Å². The van der Waals surface area contributed by atoms with Gasteiger partial charge in [0.15, 0.2) is 9.84 Å². The number of nitrogens with one attached hydrogen (secondary N) is 1. The van der Waals surface area contributed by atoms with Gasteiger partial charge in [0.25, 0.3) is 0 Å². The standard InChI is InChI=1S/C11H14Cl2N2O3S/c1-2-3-19(17,18)6-10(16)15-7-4-8(12)11(14)9(13)5-7/h4-5H,2-3,6,14H2,1H3,(H,15,16). The van der Waals surface area contributed by atoms with Crippen molar-refractivity contribution in [2.24, 2.45) is 0 Å². The first-order valence-electron chi connectivity index (χ1n) is 5.50. The summed E-state index contributed by atoms with van der Waals surface area (Å²) in [5, 5.41) is 2.81. The fraction of sp³-hybridized carbons (Fsp3) is 0.364. The summed E-state index contributed by atoms with van der Waals surface area (Å²) in [7, 11) is -3.38. The van der Waals surface area contributed by atoms with Gasteiger partial charge < -0.3 is 11.1 Å². The third kappa shape index (κ3) is 4.89. The minimum Gasteiger partial charge on any atom is -0.396 e. The number of benzene rings is 1. The lowest BCUT2D eigenvalue weighted by molar-refractivity contribution is -0.113. The first-order chi connectivity index (χ1) is 8.75. The van der Waals surface area contributed by atoms with Gasteiger partial charge in [-0.2, -0.15) is 0 Å². The predicted octanol–water partition coefficient (Wildman–Crippen LogP) is 2.34. The molecule has 0 atom stereocenters. The van der Waals surface area contributed by atoms with E-state index in [-0.39, 0.29) is 21.5 Å². The molecule has 8 heteroatoms. The molecule has 1 aromatic rings. The highest BCUT2D eigenvalue weighted by Gasteiger charge is 2.16. The Kier molecular flexibility index (Phi) is 5.46. The minimum atomic E-state index is -3.38. The molecule has 19 heavy (non-hydrogen) atoms. The summed E-state index contributed by atoms with van der Waals surface area (Å²) in [6.45, 7) is 1.73. The Morgan fingerprint density at radius 3 is 2.32 bits per heavy atom. The number of anilines is 2. The molecule has 1 amide bonds. The van der Waals surface area contributed by atoms with Crippen molar-refractivity contribution in [2.45, 2.75) is 13.3 Å². The Morgan fingerprint density at radius 2 is 1.84 bits per heavy atom. The van der Waals surface area contributed by atoms with Gasteiger partial charge in [-0.15, -0.1) is 0 Å². The van der Waals surface area contributed by atoms with E-state index in [1.54, 1.807) is 6.92 Å². The van der Waals surface area contributed by atoms with Crippen LogP contribution in [0.25, 0.3) is 0 Å². The highest BCUT2D eigenvalue weighted by molar-refractivity contribution is 7.92. The largest absolute Gasteiger partial charge is 0.396 e. The number of hydrogen-bond acceptors (Lipinski definition) is 4. The van der Waals surface area contributed by atoms with Crippen molar-refractivity contribution in [1.29, 1.82) is 0 Å². The van der Waals surface area contributed by atoms with Crippen LogP contribution in [0.2, 0.25) is 10.0 Å².